The number of ether oxygens (including phenoxy) is 2. The molecule has 0 aliphatic carbocycles. The number of carbonyl (C=O) groups is 2. The Hall–Kier alpha value is -2.19. The van der Waals surface area contributed by atoms with Gasteiger partial charge in [-0.1, -0.05) is 59.8 Å². The molecule has 2 unspecified atom stereocenters. The van der Waals surface area contributed by atoms with E-state index in [2.05, 4.69) is 15.9 Å². The van der Waals surface area contributed by atoms with Gasteiger partial charge in [-0.05, 0) is 140 Å². The number of carbonyl (C=O) groups excluding carboxylic acids is 2. The molecule has 0 spiro atoms. The Morgan fingerprint density at radius 1 is 0.545 bits per heavy atom. The molecule has 306 valence electrons. The zero-order chi connectivity index (χ0) is 41.1. The van der Waals surface area contributed by atoms with Gasteiger partial charge in [0.15, 0.2) is 0 Å². The highest BCUT2D eigenvalue weighted by atomic mass is 79.9. The molecule has 3 saturated heterocycles. The minimum Gasteiger partial charge on any atom is -0.466 e. The zero-order valence-electron chi connectivity index (χ0n) is 35.4. The molecule has 55 heavy (non-hydrogen) atoms. The van der Waals surface area contributed by atoms with Gasteiger partial charge >= 0.3 is 33.1 Å². The van der Waals surface area contributed by atoms with Gasteiger partial charge in [0.2, 0.25) is 0 Å². The number of esters is 2. The number of hydrogen-bond acceptors (Lipinski definition) is 10. The molecule has 3 fully saturated rings. The minimum atomic E-state index is -0.476. The van der Waals surface area contributed by atoms with Gasteiger partial charge in [-0.2, -0.15) is 0 Å². The standard InChI is InChI=1S/C17H25BO4.C12H24B2O4.C11H13BrO2.CH4/c1-7-20-15(19)12(2)13-8-10-14(11-9-13)18-21-16(3,4)17(5,6)22-18;1-9(2)10(3,4)16-13(15-9)14-17-11(5,6)12(7,8)18-14;1-3-14-11(13)8(2)9-4-6-10(12)7-5-9;/h8-12H,7H2,1-6H3;1-8H3;4-8H,3H2,1-2H3;1H4. The maximum atomic E-state index is 11.8. The first-order chi connectivity index (χ1) is 24.7. The van der Waals surface area contributed by atoms with E-state index in [9.17, 15) is 9.59 Å². The average molecular weight is 831 g/mol. The maximum Gasteiger partial charge on any atom is 0.494 e. The molecule has 0 bridgehead atoms. The van der Waals surface area contributed by atoms with Crippen LogP contribution >= 0.6 is 15.9 Å². The van der Waals surface area contributed by atoms with Gasteiger partial charge in [-0.25, -0.2) is 0 Å². The molecule has 0 radical (unpaired) electrons. The molecule has 3 aliphatic rings. The summed E-state index contributed by atoms with van der Waals surface area (Å²) in [6.45, 7) is 32.5. The summed E-state index contributed by atoms with van der Waals surface area (Å²) in [6.07, 6.45) is 0. The van der Waals surface area contributed by atoms with Crippen LogP contribution in [0.15, 0.2) is 53.0 Å². The summed E-state index contributed by atoms with van der Waals surface area (Å²) in [5.74, 6) is -0.837. The SMILES string of the molecule is C.CC1(C)OB(B2OC(C)(C)C(C)(C)O2)OC1(C)C.CCOC(=O)C(C)c1ccc(B2OC(C)(C)C(C)(C)O2)cc1.CCOC(=O)C(C)c1ccc(Br)cc1. The fourth-order valence-corrected chi connectivity index (χ4v) is 5.74. The molecule has 5 rings (SSSR count). The summed E-state index contributed by atoms with van der Waals surface area (Å²) >= 11 is 3.35. The van der Waals surface area contributed by atoms with Crippen LogP contribution in [0.3, 0.4) is 0 Å². The largest absolute Gasteiger partial charge is 0.494 e. The fourth-order valence-electron chi connectivity index (χ4n) is 5.48. The first-order valence-electron chi connectivity index (χ1n) is 19.0. The maximum absolute atomic E-state index is 11.8. The third-order valence-corrected chi connectivity index (χ3v) is 11.9. The molecule has 2 atom stereocenters. The van der Waals surface area contributed by atoms with Crippen molar-refractivity contribution in [2.45, 2.75) is 164 Å². The van der Waals surface area contributed by atoms with Crippen LogP contribution in [0.25, 0.3) is 0 Å². The van der Waals surface area contributed by atoms with Crippen LogP contribution in [0.2, 0.25) is 0 Å². The summed E-state index contributed by atoms with van der Waals surface area (Å²) < 4.78 is 46.9. The first-order valence-corrected chi connectivity index (χ1v) is 19.8. The van der Waals surface area contributed by atoms with Gasteiger partial charge in [0.1, 0.15) is 0 Å². The van der Waals surface area contributed by atoms with Crippen molar-refractivity contribution in [1.82, 2.24) is 0 Å². The van der Waals surface area contributed by atoms with E-state index in [1.54, 1.807) is 0 Å². The normalized spacial score (nSPS) is 21.9. The van der Waals surface area contributed by atoms with E-state index < -0.39 is 14.0 Å². The molecule has 0 saturated carbocycles. The molecular formula is C41H66B3BrO10. The van der Waals surface area contributed by atoms with Gasteiger partial charge in [0.05, 0.1) is 58.7 Å². The van der Waals surface area contributed by atoms with Crippen LogP contribution in [0.5, 0.6) is 0 Å². The van der Waals surface area contributed by atoms with Crippen molar-refractivity contribution in [1.29, 1.82) is 0 Å². The highest BCUT2D eigenvalue weighted by Crippen LogP contribution is 2.43. The second-order valence-corrected chi connectivity index (χ2v) is 17.9. The third kappa shape index (κ3) is 11.7. The monoisotopic (exact) mass is 830 g/mol. The van der Waals surface area contributed by atoms with Gasteiger partial charge in [0.25, 0.3) is 0 Å². The van der Waals surface area contributed by atoms with Crippen molar-refractivity contribution in [3.63, 3.8) is 0 Å². The molecular weight excluding hydrogens is 765 g/mol. The van der Waals surface area contributed by atoms with E-state index in [1.807, 2.05) is 159 Å². The fraction of sp³-hybridized carbons (Fsp3) is 0.659. The first kappa shape index (κ1) is 49.0. The van der Waals surface area contributed by atoms with Crippen molar-refractivity contribution in [3.8, 4) is 0 Å². The lowest BCUT2D eigenvalue weighted by atomic mass is 9.49. The van der Waals surface area contributed by atoms with Gasteiger partial charge in [0, 0.05) is 4.47 Å². The molecule has 0 aromatic heterocycles. The van der Waals surface area contributed by atoms with Crippen molar-refractivity contribution in [3.05, 3.63) is 64.1 Å². The lowest BCUT2D eigenvalue weighted by molar-refractivity contribution is -0.145. The molecule has 2 aromatic carbocycles. The summed E-state index contributed by atoms with van der Waals surface area (Å²) in [4.78, 5) is 23.2. The summed E-state index contributed by atoms with van der Waals surface area (Å²) in [5, 5.41) is 0. The highest BCUT2D eigenvalue weighted by molar-refractivity contribution is 9.10. The summed E-state index contributed by atoms with van der Waals surface area (Å²) in [7, 11) is -1.33. The predicted octanol–water partition coefficient (Wildman–Crippen LogP) is 8.65. The van der Waals surface area contributed by atoms with Crippen LogP contribution in [0, 0.1) is 0 Å². The summed E-state index contributed by atoms with van der Waals surface area (Å²) in [6, 6.07) is 15.5. The van der Waals surface area contributed by atoms with Crippen LogP contribution < -0.4 is 5.46 Å². The van der Waals surface area contributed by atoms with Crippen molar-refractivity contribution < 1.29 is 47.0 Å². The number of benzene rings is 2. The van der Waals surface area contributed by atoms with E-state index in [0.717, 1.165) is 21.1 Å². The van der Waals surface area contributed by atoms with Crippen molar-refractivity contribution in [2.24, 2.45) is 0 Å². The van der Waals surface area contributed by atoms with Gasteiger partial charge in [-0.3, -0.25) is 9.59 Å². The van der Waals surface area contributed by atoms with Gasteiger partial charge < -0.3 is 37.4 Å². The van der Waals surface area contributed by atoms with Crippen LogP contribution in [0.1, 0.15) is 141 Å². The predicted molar refractivity (Wildman–Crippen MR) is 225 cm³/mol. The highest BCUT2D eigenvalue weighted by Gasteiger charge is 2.63. The second kappa shape index (κ2) is 18.6. The Morgan fingerprint density at radius 2 is 0.818 bits per heavy atom. The van der Waals surface area contributed by atoms with Crippen LogP contribution in [-0.4, -0.2) is 79.9 Å². The molecule has 14 heteroatoms. The zero-order valence-corrected chi connectivity index (χ0v) is 37.0. The Kier molecular flexibility index (Phi) is 16.6. The number of hydrogen-bond donors (Lipinski definition) is 0. The minimum absolute atomic E-state index is 0. The Balaban J connectivity index is 0.000000290. The number of halogens is 1. The molecule has 2 aromatic rings. The van der Waals surface area contributed by atoms with E-state index in [1.165, 1.54) is 0 Å². The summed E-state index contributed by atoms with van der Waals surface area (Å²) in [5.41, 5.74) is 0.720. The Morgan fingerprint density at radius 3 is 1.11 bits per heavy atom. The van der Waals surface area contributed by atoms with Crippen LogP contribution in [0.4, 0.5) is 0 Å². The van der Waals surface area contributed by atoms with E-state index in [-0.39, 0.29) is 71.9 Å². The average Bonchev–Trinajstić information content (AvgIpc) is 3.54. The van der Waals surface area contributed by atoms with Crippen molar-refractivity contribution >= 4 is 54.5 Å². The van der Waals surface area contributed by atoms with E-state index >= 15 is 0 Å². The Labute approximate surface area is 341 Å². The third-order valence-electron chi connectivity index (χ3n) is 11.4. The molecule has 0 amide bonds. The molecule has 3 heterocycles. The molecule has 3 aliphatic heterocycles. The lowest BCUT2D eigenvalue weighted by Gasteiger charge is -2.32. The Bertz CT molecular complexity index is 1480. The lowest BCUT2D eigenvalue weighted by Crippen LogP contribution is -2.41. The van der Waals surface area contributed by atoms with E-state index in [4.69, 9.17) is 37.4 Å². The van der Waals surface area contributed by atoms with E-state index in [0.29, 0.717) is 13.2 Å². The quantitative estimate of drug-likeness (QED) is 0.190. The topological polar surface area (TPSA) is 108 Å². The molecule has 0 N–H and O–H groups in total. The molecule has 10 nitrogen and oxygen atoms in total. The number of rotatable bonds is 8. The smallest absolute Gasteiger partial charge is 0.466 e. The van der Waals surface area contributed by atoms with Crippen molar-refractivity contribution in [2.75, 3.05) is 13.2 Å². The van der Waals surface area contributed by atoms with Gasteiger partial charge in [-0.15, -0.1) is 0 Å². The van der Waals surface area contributed by atoms with Crippen LogP contribution in [-0.2, 0) is 47.0 Å². The second-order valence-electron chi connectivity index (χ2n) is 17.0.